The summed E-state index contributed by atoms with van der Waals surface area (Å²) in [5.74, 6) is -0.0291. The largest absolute Gasteiger partial charge is 0.508 e. The molecule has 25 heavy (non-hydrogen) atoms. The number of nitrogens with two attached hydrogens (primary N) is 1. The maximum Gasteiger partial charge on any atom is 0.270 e. The van der Waals surface area contributed by atoms with E-state index in [9.17, 15) is 9.90 Å². The van der Waals surface area contributed by atoms with Gasteiger partial charge in [0.2, 0.25) is 0 Å². The summed E-state index contributed by atoms with van der Waals surface area (Å²) in [6.45, 7) is 0. The molecule has 0 bridgehead atoms. The van der Waals surface area contributed by atoms with Crippen LogP contribution in [-0.2, 0) is 0 Å². The molecule has 6 nitrogen and oxygen atoms in total. The van der Waals surface area contributed by atoms with Gasteiger partial charge in [-0.05, 0) is 55.7 Å². The van der Waals surface area contributed by atoms with Gasteiger partial charge in [-0.15, -0.1) is 0 Å². The lowest BCUT2D eigenvalue weighted by atomic mass is 9.88. The van der Waals surface area contributed by atoms with E-state index in [-0.39, 0.29) is 17.7 Å². The van der Waals surface area contributed by atoms with Gasteiger partial charge < -0.3 is 16.2 Å². The van der Waals surface area contributed by atoms with Crippen molar-refractivity contribution in [3.05, 3.63) is 66.1 Å². The first kappa shape index (κ1) is 16.7. The molecule has 3 rings (SSSR count). The molecule has 1 atom stereocenters. The van der Waals surface area contributed by atoms with Crippen LogP contribution in [0, 0.1) is 0 Å². The van der Waals surface area contributed by atoms with Crippen molar-refractivity contribution in [2.24, 2.45) is 10.7 Å². The number of carbonyl (C=O) groups is 1. The molecule has 0 radical (unpaired) electrons. The van der Waals surface area contributed by atoms with Gasteiger partial charge in [-0.2, -0.15) is 0 Å². The summed E-state index contributed by atoms with van der Waals surface area (Å²) < 4.78 is 0. The van der Waals surface area contributed by atoms with E-state index in [0.29, 0.717) is 5.69 Å². The molecule has 1 unspecified atom stereocenters. The quantitative estimate of drug-likeness (QED) is 0.802. The van der Waals surface area contributed by atoms with E-state index < -0.39 is 0 Å². The number of amides is 1. The Morgan fingerprint density at radius 3 is 2.76 bits per heavy atom. The second-order valence-electron chi connectivity index (χ2n) is 5.83. The summed E-state index contributed by atoms with van der Waals surface area (Å²) in [5, 5.41) is 12.4. The predicted octanol–water partition coefficient (Wildman–Crippen LogP) is 2.68. The molecule has 2 aromatic rings. The Hall–Kier alpha value is -3.15. The van der Waals surface area contributed by atoms with Gasteiger partial charge >= 0.3 is 0 Å². The highest BCUT2D eigenvalue weighted by molar-refractivity contribution is 6.04. The molecule has 1 heterocycles. The topological polar surface area (TPSA) is 101 Å². The summed E-state index contributed by atoms with van der Waals surface area (Å²) in [4.78, 5) is 21.1. The van der Waals surface area contributed by atoms with E-state index in [2.05, 4.69) is 15.3 Å². The van der Waals surface area contributed by atoms with Crippen LogP contribution in [0.3, 0.4) is 0 Å². The second kappa shape index (κ2) is 7.61. The number of rotatable bonds is 3. The van der Waals surface area contributed by atoms with E-state index >= 15 is 0 Å². The van der Waals surface area contributed by atoms with Crippen LogP contribution in [0.25, 0.3) is 0 Å². The van der Waals surface area contributed by atoms with Crippen LogP contribution in [0.4, 0.5) is 5.69 Å². The minimum Gasteiger partial charge on any atom is -0.508 e. The zero-order chi connectivity index (χ0) is 17.6. The lowest BCUT2D eigenvalue weighted by Crippen LogP contribution is -2.41. The van der Waals surface area contributed by atoms with Crippen LogP contribution in [0.1, 0.15) is 29.8 Å². The molecular formula is C19H20N4O2. The van der Waals surface area contributed by atoms with E-state index in [1.165, 1.54) is 6.20 Å². The lowest BCUT2D eigenvalue weighted by molar-refractivity contribution is 0.0936. The normalized spacial score (nSPS) is 20.6. The number of carbonyl (C=O) groups excluding carboxylic acids is 1. The number of benzene rings is 1. The molecule has 6 heteroatoms. The molecule has 1 amide bonds. The van der Waals surface area contributed by atoms with Gasteiger partial charge in [-0.25, -0.2) is 0 Å². The molecule has 4 N–H and O–H groups in total. The van der Waals surface area contributed by atoms with Crippen molar-refractivity contribution in [3.8, 4) is 5.75 Å². The van der Waals surface area contributed by atoms with Crippen LogP contribution in [0.2, 0.25) is 0 Å². The third-order valence-corrected chi connectivity index (χ3v) is 4.11. The van der Waals surface area contributed by atoms with Crippen molar-refractivity contribution < 1.29 is 9.90 Å². The van der Waals surface area contributed by atoms with E-state index in [4.69, 9.17) is 5.73 Å². The molecule has 1 fully saturated rings. The van der Waals surface area contributed by atoms with Crippen molar-refractivity contribution in [1.29, 1.82) is 0 Å². The average molecular weight is 336 g/mol. The molecule has 0 aliphatic heterocycles. The number of nitrogens with zero attached hydrogens (tertiary/aromatic N) is 2. The number of aliphatic imine (C=N–C) groups is 1. The van der Waals surface area contributed by atoms with Crippen molar-refractivity contribution in [2.45, 2.75) is 25.3 Å². The second-order valence-corrected chi connectivity index (χ2v) is 5.83. The van der Waals surface area contributed by atoms with Gasteiger partial charge in [-0.3, -0.25) is 14.8 Å². The number of hydrogen-bond acceptors (Lipinski definition) is 5. The molecule has 1 aliphatic rings. The summed E-state index contributed by atoms with van der Waals surface area (Å²) >= 11 is 0. The minimum absolute atomic E-state index is 0.191. The molecule has 1 saturated carbocycles. The van der Waals surface area contributed by atoms with Gasteiger partial charge in [0, 0.05) is 23.7 Å². The summed E-state index contributed by atoms with van der Waals surface area (Å²) in [7, 11) is 0. The molecular weight excluding hydrogens is 316 g/mol. The third kappa shape index (κ3) is 4.03. The Balaban J connectivity index is 1.79. The van der Waals surface area contributed by atoms with Gasteiger partial charge in [0.05, 0.1) is 11.7 Å². The van der Waals surface area contributed by atoms with E-state index in [1.54, 1.807) is 48.7 Å². The fourth-order valence-corrected chi connectivity index (χ4v) is 2.87. The zero-order valence-electron chi connectivity index (χ0n) is 13.7. The highest BCUT2D eigenvalue weighted by Crippen LogP contribution is 2.25. The highest BCUT2D eigenvalue weighted by Gasteiger charge is 2.26. The minimum atomic E-state index is -0.226. The first-order chi connectivity index (χ1) is 12.2. The maximum absolute atomic E-state index is 12.4. The first-order valence-corrected chi connectivity index (χ1v) is 8.18. The van der Waals surface area contributed by atoms with Crippen molar-refractivity contribution in [2.75, 3.05) is 0 Å². The number of aromatic hydroxyl groups is 1. The SMILES string of the molecule is N/C=C1\C(=Nc2ccc(O)cc2)CCCC1NC(=O)c1ccccn1. The Morgan fingerprint density at radius 1 is 1.28 bits per heavy atom. The molecule has 1 aromatic heterocycles. The molecule has 1 aliphatic carbocycles. The van der Waals surface area contributed by atoms with Crippen LogP contribution in [-0.4, -0.2) is 27.8 Å². The Morgan fingerprint density at radius 2 is 2.08 bits per heavy atom. The van der Waals surface area contributed by atoms with Crippen LogP contribution in [0.5, 0.6) is 5.75 Å². The fraction of sp³-hybridized carbons (Fsp3) is 0.211. The number of nitrogens with one attached hydrogen (secondary N) is 1. The number of phenols is 1. The van der Waals surface area contributed by atoms with E-state index in [1.807, 2.05) is 0 Å². The number of hydrogen-bond donors (Lipinski definition) is 3. The first-order valence-electron chi connectivity index (χ1n) is 8.18. The Bertz CT molecular complexity index is 798. The highest BCUT2D eigenvalue weighted by atomic mass is 16.3. The summed E-state index contributed by atoms with van der Waals surface area (Å²) in [6, 6.07) is 11.7. The Kier molecular flexibility index (Phi) is 5.09. The lowest BCUT2D eigenvalue weighted by Gasteiger charge is -2.27. The van der Waals surface area contributed by atoms with Gasteiger partial charge in [0.1, 0.15) is 11.4 Å². The monoisotopic (exact) mass is 336 g/mol. The predicted molar refractivity (Wildman–Crippen MR) is 96.8 cm³/mol. The molecule has 0 saturated heterocycles. The van der Waals surface area contributed by atoms with Gasteiger partial charge in [0.15, 0.2) is 0 Å². The molecule has 1 aromatic carbocycles. The van der Waals surface area contributed by atoms with E-state index in [0.717, 1.165) is 36.2 Å². The number of phenolic OH excluding ortho intramolecular Hbond substituents is 1. The maximum atomic E-state index is 12.4. The molecule has 128 valence electrons. The molecule has 0 spiro atoms. The van der Waals surface area contributed by atoms with Crippen molar-refractivity contribution in [3.63, 3.8) is 0 Å². The van der Waals surface area contributed by atoms with Gasteiger partial charge in [-0.1, -0.05) is 6.07 Å². The Labute approximate surface area is 146 Å². The van der Waals surface area contributed by atoms with Crippen molar-refractivity contribution in [1.82, 2.24) is 10.3 Å². The van der Waals surface area contributed by atoms with Crippen LogP contribution < -0.4 is 11.1 Å². The summed E-state index contributed by atoms with van der Waals surface area (Å²) in [5.41, 5.74) is 8.62. The van der Waals surface area contributed by atoms with Crippen molar-refractivity contribution >= 4 is 17.3 Å². The fourth-order valence-electron chi connectivity index (χ4n) is 2.87. The van der Waals surface area contributed by atoms with Crippen LogP contribution >= 0.6 is 0 Å². The number of pyridine rings is 1. The third-order valence-electron chi connectivity index (χ3n) is 4.11. The number of aromatic nitrogens is 1. The average Bonchev–Trinajstić information content (AvgIpc) is 2.64. The van der Waals surface area contributed by atoms with Crippen LogP contribution in [0.15, 0.2) is 65.4 Å². The zero-order valence-corrected chi connectivity index (χ0v) is 13.7. The standard InChI is InChI=1S/C19H20N4O2/c20-12-15-16(22-13-7-9-14(24)10-8-13)5-3-6-17(15)23-19(25)18-4-1-2-11-21-18/h1-2,4,7-12,17,24H,3,5-6,20H2,(H,23,25)/b15-12+,22-16?. The summed E-state index contributed by atoms with van der Waals surface area (Å²) in [6.07, 6.45) is 5.60. The smallest absolute Gasteiger partial charge is 0.270 e. The van der Waals surface area contributed by atoms with Gasteiger partial charge in [0.25, 0.3) is 5.91 Å².